The summed E-state index contributed by atoms with van der Waals surface area (Å²) in [6.07, 6.45) is 0. The molecule has 2 rings (SSSR count). The second-order valence-electron chi connectivity index (χ2n) is 3.67. The van der Waals surface area contributed by atoms with Gasteiger partial charge in [-0.25, -0.2) is 4.98 Å². The van der Waals surface area contributed by atoms with Gasteiger partial charge in [0.25, 0.3) is 0 Å². The Morgan fingerprint density at radius 1 is 1.18 bits per heavy atom. The third-order valence-electron chi connectivity index (χ3n) is 2.51. The van der Waals surface area contributed by atoms with Crippen molar-refractivity contribution in [3.05, 3.63) is 30.3 Å². The fraction of sp³-hybridized carbons (Fsp3) is 0.308. The molecule has 0 unspecified atom stereocenters. The van der Waals surface area contributed by atoms with Gasteiger partial charge in [-0.05, 0) is 30.3 Å². The fourth-order valence-electron chi connectivity index (χ4n) is 1.61. The second-order valence-corrected chi connectivity index (χ2v) is 3.67. The molecular weight excluding hydrogens is 216 g/mol. The van der Waals surface area contributed by atoms with Crippen molar-refractivity contribution in [1.29, 1.82) is 0 Å². The number of hydrogen-bond donors (Lipinski definition) is 1. The lowest BCUT2D eigenvalue weighted by Gasteiger charge is -2.06. The topological polar surface area (TPSA) is 43.4 Å². The van der Waals surface area contributed by atoms with Gasteiger partial charge in [-0.3, -0.25) is 0 Å². The summed E-state index contributed by atoms with van der Waals surface area (Å²) in [7, 11) is 3.34. The van der Waals surface area contributed by atoms with E-state index < -0.39 is 0 Å². The number of nitrogens with one attached hydrogen (secondary N) is 1. The van der Waals surface area contributed by atoms with Gasteiger partial charge in [0.05, 0.1) is 19.2 Å². The molecule has 2 aromatic rings. The molecule has 0 amide bonds. The van der Waals surface area contributed by atoms with E-state index >= 15 is 0 Å². The highest BCUT2D eigenvalue weighted by Gasteiger charge is 1.99. The first-order chi connectivity index (χ1) is 8.33. The third kappa shape index (κ3) is 2.85. The number of rotatable bonds is 5. The molecule has 0 aliphatic heterocycles. The van der Waals surface area contributed by atoms with E-state index in [0.29, 0.717) is 6.61 Å². The highest BCUT2D eigenvalue weighted by Crippen LogP contribution is 2.20. The van der Waals surface area contributed by atoms with Crippen LogP contribution in [-0.2, 0) is 4.74 Å². The summed E-state index contributed by atoms with van der Waals surface area (Å²) >= 11 is 0. The Balaban J connectivity index is 2.19. The molecule has 90 valence electrons. The zero-order chi connectivity index (χ0) is 12.1. The Labute approximate surface area is 101 Å². The number of pyridine rings is 1. The van der Waals surface area contributed by atoms with Crippen molar-refractivity contribution in [3.8, 4) is 5.75 Å². The Bertz CT molecular complexity index is 500. The number of hydrogen-bond acceptors (Lipinski definition) is 4. The first-order valence-corrected chi connectivity index (χ1v) is 5.51. The van der Waals surface area contributed by atoms with Gasteiger partial charge in [-0.1, -0.05) is 0 Å². The van der Waals surface area contributed by atoms with Crippen LogP contribution in [0.4, 0.5) is 5.82 Å². The van der Waals surface area contributed by atoms with Crippen molar-refractivity contribution < 1.29 is 9.47 Å². The molecule has 4 nitrogen and oxygen atoms in total. The molecule has 0 aliphatic rings. The van der Waals surface area contributed by atoms with E-state index in [-0.39, 0.29) is 0 Å². The Kier molecular flexibility index (Phi) is 3.77. The quantitative estimate of drug-likeness (QED) is 0.803. The first-order valence-electron chi connectivity index (χ1n) is 5.51. The van der Waals surface area contributed by atoms with Crippen LogP contribution < -0.4 is 10.1 Å². The molecule has 1 heterocycles. The zero-order valence-corrected chi connectivity index (χ0v) is 10.1. The number of methoxy groups -OCH3 is 2. The number of benzene rings is 1. The van der Waals surface area contributed by atoms with Gasteiger partial charge in [0.1, 0.15) is 11.6 Å². The van der Waals surface area contributed by atoms with E-state index in [4.69, 9.17) is 9.47 Å². The molecule has 0 saturated carbocycles. The van der Waals surface area contributed by atoms with Gasteiger partial charge in [-0.15, -0.1) is 0 Å². The minimum absolute atomic E-state index is 0.669. The number of anilines is 1. The van der Waals surface area contributed by atoms with Crippen molar-refractivity contribution in [2.75, 3.05) is 32.7 Å². The molecule has 0 fully saturated rings. The minimum Gasteiger partial charge on any atom is -0.497 e. The standard InChI is InChI=1S/C13H16N2O2/c1-16-8-7-14-13-6-3-10-9-11(17-2)4-5-12(10)15-13/h3-6,9H,7-8H2,1-2H3,(H,14,15). The average molecular weight is 232 g/mol. The van der Waals surface area contributed by atoms with Gasteiger partial charge in [-0.2, -0.15) is 0 Å². The van der Waals surface area contributed by atoms with Crippen LogP contribution in [-0.4, -0.2) is 32.4 Å². The van der Waals surface area contributed by atoms with Gasteiger partial charge >= 0.3 is 0 Å². The maximum atomic E-state index is 5.17. The number of fused-ring (bicyclic) bond motifs is 1. The van der Waals surface area contributed by atoms with E-state index in [9.17, 15) is 0 Å². The lowest BCUT2D eigenvalue weighted by molar-refractivity contribution is 0.210. The molecular formula is C13H16N2O2. The second kappa shape index (κ2) is 5.50. The zero-order valence-electron chi connectivity index (χ0n) is 10.1. The Morgan fingerprint density at radius 2 is 2.06 bits per heavy atom. The van der Waals surface area contributed by atoms with Crippen molar-refractivity contribution in [1.82, 2.24) is 4.98 Å². The van der Waals surface area contributed by atoms with Gasteiger partial charge < -0.3 is 14.8 Å². The minimum atomic E-state index is 0.669. The van der Waals surface area contributed by atoms with Crippen molar-refractivity contribution >= 4 is 16.7 Å². The third-order valence-corrected chi connectivity index (χ3v) is 2.51. The predicted molar refractivity (Wildman–Crippen MR) is 68.7 cm³/mol. The maximum Gasteiger partial charge on any atom is 0.126 e. The number of nitrogens with zero attached hydrogens (tertiary/aromatic N) is 1. The van der Waals surface area contributed by atoms with Gasteiger partial charge in [0, 0.05) is 19.0 Å². The molecule has 0 aliphatic carbocycles. The van der Waals surface area contributed by atoms with E-state index in [1.165, 1.54) is 0 Å². The number of aromatic nitrogens is 1. The summed E-state index contributed by atoms with van der Waals surface area (Å²) in [4.78, 5) is 4.50. The van der Waals surface area contributed by atoms with Crippen LogP contribution >= 0.6 is 0 Å². The summed E-state index contributed by atoms with van der Waals surface area (Å²) in [6.45, 7) is 1.42. The Hall–Kier alpha value is -1.81. The van der Waals surface area contributed by atoms with E-state index in [1.807, 2.05) is 30.3 Å². The molecule has 0 saturated heterocycles. The normalized spacial score (nSPS) is 10.5. The molecule has 0 atom stereocenters. The summed E-state index contributed by atoms with van der Waals surface area (Å²) in [5.74, 6) is 1.71. The van der Waals surface area contributed by atoms with Crippen LogP contribution in [0.15, 0.2) is 30.3 Å². The summed E-state index contributed by atoms with van der Waals surface area (Å²) in [5, 5.41) is 4.27. The van der Waals surface area contributed by atoms with Crippen LogP contribution in [0.25, 0.3) is 10.9 Å². The first kappa shape index (κ1) is 11.7. The van der Waals surface area contributed by atoms with Gasteiger partial charge in [0.2, 0.25) is 0 Å². The average Bonchev–Trinajstić information content (AvgIpc) is 2.38. The van der Waals surface area contributed by atoms with Crippen LogP contribution in [0.2, 0.25) is 0 Å². The smallest absolute Gasteiger partial charge is 0.126 e. The molecule has 17 heavy (non-hydrogen) atoms. The van der Waals surface area contributed by atoms with Gasteiger partial charge in [0.15, 0.2) is 0 Å². The highest BCUT2D eigenvalue weighted by molar-refractivity contribution is 5.81. The monoisotopic (exact) mass is 232 g/mol. The largest absolute Gasteiger partial charge is 0.497 e. The molecule has 1 aromatic carbocycles. The van der Waals surface area contributed by atoms with Crippen molar-refractivity contribution in [2.45, 2.75) is 0 Å². The van der Waals surface area contributed by atoms with Crippen LogP contribution in [0.1, 0.15) is 0 Å². The lowest BCUT2D eigenvalue weighted by atomic mass is 10.2. The van der Waals surface area contributed by atoms with Crippen LogP contribution in [0, 0.1) is 0 Å². The van der Waals surface area contributed by atoms with E-state index in [0.717, 1.165) is 29.0 Å². The number of ether oxygens (including phenoxy) is 2. The van der Waals surface area contributed by atoms with Crippen LogP contribution in [0.5, 0.6) is 5.75 Å². The van der Waals surface area contributed by atoms with E-state index in [2.05, 4.69) is 10.3 Å². The summed E-state index contributed by atoms with van der Waals surface area (Å²) in [6, 6.07) is 9.82. The molecule has 0 bridgehead atoms. The lowest BCUT2D eigenvalue weighted by Crippen LogP contribution is -2.08. The molecule has 0 radical (unpaired) electrons. The maximum absolute atomic E-state index is 5.17. The molecule has 1 aromatic heterocycles. The van der Waals surface area contributed by atoms with Crippen molar-refractivity contribution in [3.63, 3.8) is 0 Å². The molecule has 0 spiro atoms. The summed E-state index contributed by atoms with van der Waals surface area (Å²) < 4.78 is 10.1. The molecule has 1 N–H and O–H groups in total. The fourth-order valence-corrected chi connectivity index (χ4v) is 1.61. The predicted octanol–water partition coefficient (Wildman–Crippen LogP) is 2.30. The SMILES string of the molecule is COCCNc1ccc2cc(OC)ccc2n1. The molecule has 4 heteroatoms. The van der Waals surface area contributed by atoms with Crippen molar-refractivity contribution in [2.24, 2.45) is 0 Å². The van der Waals surface area contributed by atoms with Crippen LogP contribution in [0.3, 0.4) is 0 Å². The highest BCUT2D eigenvalue weighted by atomic mass is 16.5. The summed E-state index contributed by atoms with van der Waals surface area (Å²) in [5.41, 5.74) is 0.952. The van der Waals surface area contributed by atoms with E-state index in [1.54, 1.807) is 14.2 Å². The Morgan fingerprint density at radius 3 is 2.82 bits per heavy atom.